The number of unbranched alkanes of at least 4 members (excludes halogenated alkanes) is 5. The molecule has 2 nitrogen and oxygen atoms in total. The Bertz CT molecular complexity index is 145. The van der Waals surface area contributed by atoms with Gasteiger partial charge in [0.2, 0.25) is 0 Å². The van der Waals surface area contributed by atoms with Crippen LogP contribution in [-0.2, 0) is 0 Å². The van der Waals surface area contributed by atoms with Crippen molar-refractivity contribution in [3.63, 3.8) is 0 Å². The Balaban J connectivity index is 3.55. The summed E-state index contributed by atoms with van der Waals surface area (Å²) in [6.07, 6.45) is 8.32. The zero-order valence-electron chi connectivity index (χ0n) is 11.5. The van der Waals surface area contributed by atoms with Crippen LogP contribution in [0.3, 0.4) is 0 Å². The molecule has 0 spiro atoms. The first-order chi connectivity index (χ1) is 7.06. The summed E-state index contributed by atoms with van der Waals surface area (Å²) in [6.45, 7) is 8.09. The van der Waals surface area contributed by atoms with Crippen molar-refractivity contribution in [2.75, 3.05) is 20.6 Å². The highest BCUT2D eigenvalue weighted by Crippen LogP contribution is 2.10. The molecule has 0 amide bonds. The third-order valence-corrected chi connectivity index (χ3v) is 3.63. The first-order valence-corrected chi connectivity index (χ1v) is 6.61. The fourth-order valence-corrected chi connectivity index (χ4v) is 1.85. The van der Waals surface area contributed by atoms with Crippen molar-refractivity contribution >= 4 is 0 Å². The van der Waals surface area contributed by atoms with Crippen LogP contribution in [0.4, 0.5) is 0 Å². The third kappa shape index (κ3) is 6.16. The maximum atomic E-state index is 3.42. The van der Waals surface area contributed by atoms with Crippen molar-refractivity contribution < 1.29 is 4.59 Å². The molecule has 0 saturated carbocycles. The van der Waals surface area contributed by atoms with Crippen LogP contribution in [0, 0.1) is 0 Å². The summed E-state index contributed by atoms with van der Waals surface area (Å²) in [4.78, 5) is 0. The van der Waals surface area contributed by atoms with Crippen LogP contribution in [0.2, 0.25) is 0 Å². The zero-order valence-corrected chi connectivity index (χ0v) is 11.5. The normalized spacial score (nSPS) is 15.6. The molecule has 0 aliphatic rings. The number of nitrogens with one attached hydrogen (secondary N) is 1. The highest BCUT2D eigenvalue weighted by molar-refractivity contribution is 4.46. The summed E-state index contributed by atoms with van der Waals surface area (Å²) in [7, 11) is 4.35. The maximum absolute atomic E-state index is 3.42. The van der Waals surface area contributed by atoms with Crippen molar-refractivity contribution in [3.8, 4) is 0 Å². The molecule has 0 aromatic carbocycles. The van der Waals surface area contributed by atoms with Crippen molar-refractivity contribution in [3.05, 3.63) is 0 Å². The van der Waals surface area contributed by atoms with E-state index in [9.17, 15) is 0 Å². The second kappa shape index (κ2) is 8.12. The van der Waals surface area contributed by atoms with E-state index in [4.69, 9.17) is 0 Å². The van der Waals surface area contributed by atoms with E-state index in [1.54, 1.807) is 0 Å². The second-order valence-corrected chi connectivity index (χ2v) is 5.08. The van der Waals surface area contributed by atoms with Crippen LogP contribution in [0.25, 0.3) is 0 Å². The van der Waals surface area contributed by atoms with E-state index < -0.39 is 0 Å². The first-order valence-electron chi connectivity index (χ1n) is 6.61. The predicted octanol–water partition coefficient (Wildman–Crippen LogP) is 3.34. The van der Waals surface area contributed by atoms with E-state index in [2.05, 4.69) is 40.3 Å². The van der Waals surface area contributed by atoms with Crippen molar-refractivity contribution in [1.82, 2.24) is 5.43 Å². The van der Waals surface area contributed by atoms with E-state index in [0.29, 0.717) is 6.04 Å². The lowest BCUT2D eigenvalue weighted by Crippen LogP contribution is -2.58. The lowest BCUT2D eigenvalue weighted by atomic mass is 10.1. The average molecular weight is 215 g/mol. The summed E-state index contributed by atoms with van der Waals surface area (Å²) in [6, 6.07) is 0.658. The molecule has 0 radical (unpaired) electrons. The summed E-state index contributed by atoms with van der Waals surface area (Å²) in [5, 5.41) is 0. The van der Waals surface area contributed by atoms with Gasteiger partial charge in [-0.3, -0.25) is 0 Å². The van der Waals surface area contributed by atoms with E-state index in [0.717, 1.165) is 4.59 Å². The highest BCUT2D eigenvalue weighted by Gasteiger charge is 2.23. The van der Waals surface area contributed by atoms with Gasteiger partial charge in [-0.1, -0.05) is 32.6 Å². The van der Waals surface area contributed by atoms with Gasteiger partial charge in [-0.25, -0.2) is 4.59 Å². The Morgan fingerprint density at radius 2 is 1.53 bits per heavy atom. The topological polar surface area (TPSA) is 12.0 Å². The minimum Gasteiger partial charge on any atom is -0.246 e. The van der Waals surface area contributed by atoms with Gasteiger partial charge >= 0.3 is 0 Å². The average Bonchev–Trinajstić information content (AvgIpc) is 2.22. The Labute approximate surface area is 96.6 Å². The zero-order chi connectivity index (χ0) is 11.7. The molecule has 1 unspecified atom stereocenters. The number of rotatable bonds is 9. The number of hydrogen-bond donors (Lipinski definition) is 1. The van der Waals surface area contributed by atoms with Gasteiger partial charge in [0.25, 0.3) is 0 Å². The van der Waals surface area contributed by atoms with Crippen LogP contribution >= 0.6 is 0 Å². The smallest absolute Gasteiger partial charge is 0.101 e. The van der Waals surface area contributed by atoms with E-state index in [1.807, 2.05) is 0 Å². The molecule has 0 rings (SSSR count). The maximum Gasteiger partial charge on any atom is 0.101 e. The third-order valence-electron chi connectivity index (χ3n) is 3.63. The standard InChI is InChI=1S/C13H31N2/c1-6-7-8-9-10-11-12-15(5,14-4)13(2)3/h13-14H,6-12H2,1-5H3/q+1. The summed E-state index contributed by atoms with van der Waals surface area (Å²) in [5.74, 6) is 0. The summed E-state index contributed by atoms with van der Waals surface area (Å²) < 4.78 is 0.994. The van der Waals surface area contributed by atoms with Gasteiger partial charge in [-0.15, -0.1) is 0 Å². The lowest BCUT2D eigenvalue weighted by Gasteiger charge is -2.36. The lowest BCUT2D eigenvalue weighted by molar-refractivity contribution is -0.969. The van der Waals surface area contributed by atoms with Gasteiger partial charge in [0.1, 0.15) is 6.04 Å². The Morgan fingerprint density at radius 3 is 2.00 bits per heavy atom. The molecule has 0 saturated heterocycles. The predicted molar refractivity (Wildman–Crippen MR) is 68.6 cm³/mol. The number of hydrogen-bond acceptors (Lipinski definition) is 1. The molecule has 15 heavy (non-hydrogen) atoms. The van der Waals surface area contributed by atoms with Crippen LogP contribution in [0.5, 0.6) is 0 Å². The molecule has 0 aromatic heterocycles. The van der Waals surface area contributed by atoms with Crippen LogP contribution in [-0.4, -0.2) is 31.3 Å². The largest absolute Gasteiger partial charge is 0.246 e. The van der Waals surface area contributed by atoms with Gasteiger partial charge < -0.3 is 0 Å². The number of quaternary nitrogens is 1. The van der Waals surface area contributed by atoms with E-state index in [-0.39, 0.29) is 0 Å². The Morgan fingerprint density at radius 1 is 1.00 bits per heavy atom. The summed E-state index contributed by atoms with van der Waals surface area (Å²) in [5.41, 5.74) is 3.42. The minimum atomic E-state index is 0.658. The molecule has 0 aliphatic heterocycles. The molecule has 92 valence electrons. The second-order valence-electron chi connectivity index (χ2n) is 5.08. The van der Waals surface area contributed by atoms with Crippen LogP contribution < -0.4 is 5.43 Å². The molecule has 0 bridgehead atoms. The Hall–Kier alpha value is -0.0800. The van der Waals surface area contributed by atoms with Crippen molar-refractivity contribution in [1.29, 1.82) is 0 Å². The van der Waals surface area contributed by atoms with Gasteiger partial charge in [0.05, 0.1) is 13.6 Å². The summed E-state index contributed by atoms with van der Waals surface area (Å²) >= 11 is 0. The van der Waals surface area contributed by atoms with Crippen LogP contribution in [0.15, 0.2) is 0 Å². The van der Waals surface area contributed by atoms with Crippen LogP contribution in [0.1, 0.15) is 59.3 Å². The molecule has 0 fully saturated rings. The van der Waals surface area contributed by atoms with E-state index >= 15 is 0 Å². The SMILES string of the molecule is CCCCCCCC[N+](C)(NC)C(C)C. The minimum absolute atomic E-state index is 0.658. The van der Waals surface area contributed by atoms with E-state index in [1.165, 1.54) is 45.1 Å². The molecular formula is C13H31N2+. The van der Waals surface area contributed by atoms with Crippen molar-refractivity contribution in [2.45, 2.75) is 65.3 Å². The molecular weight excluding hydrogens is 184 g/mol. The molecule has 2 heteroatoms. The van der Waals surface area contributed by atoms with Crippen molar-refractivity contribution in [2.24, 2.45) is 0 Å². The quantitative estimate of drug-likeness (QED) is 0.353. The monoisotopic (exact) mass is 215 g/mol. The van der Waals surface area contributed by atoms with Gasteiger partial charge in [0.15, 0.2) is 0 Å². The molecule has 1 atom stereocenters. The van der Waals surface area contributed by atoms with Gasteiger partial charge in [-0.2, -0.15) is 5.43 Å². The van der Waals surface area contributed by atoms with Gasteiger partial charge in [0, 0.05) is 7.05 Å². The molecule has 1 N–H and O–H groups in total. The van der Waals surface area contributed by atoms with Gasteiger partial charge in [-0.05, 0) is 26.7 Å². The molecule has 0 aliphatic carbocycles. The Kier molecular flexibility index (Phi) is 8.07. The molecule has 0 aromatic rings. The first kappa shape index (κ1) is 14.9. The fourth-order valence-electron chi connectivity index (χ4n) is 1.85. The fraction of sp³-hybridized carbons (Fsp3) is 1.00. The molecule has 0 heterocycles. The highest BCUT2D eigenvalue weighted by atomic mass is 15.6. The number of nitrogens with zero attached hydrogens (tertiary/aromatic N) is 1.